The van der Waals surface area contributed by atoms with Crippen molar-refractivity contribution in [2.75, 3.05) is 13.1 Å². The number of hydrogen-bond donors (Lipinski definition) is 1. The molecule has 3 aromatic carbocycles. The van der Waals surface area contributed by atoms with E-state index in [0.717, 1.165) is 10.2 Å². The van der Waals surface area contributed by atoms with Gasteiger partial charge in [-0.15, -0.1) is 5.10 Å². The van der Waals surface area contributed by atoms with E-state index in [9.17, 15) is 18.4 Å². The maximum absolute atomic E-state index is 14.4. The van der Waals surface area contributed by atoms with Crippen LogP contribution in [0.5, 0.6) is 0 Å². The summed E-state index contributed by atoms with van der Waals surface area (Å²) in [6, 6.07) is 18.8. The molecular weight excluding hydrogens is 500 g/mol. The number of carbonyl (C=O) groups is 1. The molecule has 9 heteroatoms. The maximum atomic E-state index is 14.4. The van der Waals surface area contributed by atoms with Crippen molar-refractivity contribution in [3.63, 3.8) is 0 Å². The predicted molar refractivity (Wildman–Crippen MR) is 147 cm³/mol. The molecule has 4 aromatic rings. The summed E-state index contributed by atoms with van der Waals surface area (Å²) in [5.74, 6) is -1.20. The highest BCUT2D eigenvalue weighted by Gasteiger charge is 2.34. The number of hydrogen-bond acceptors (Lipinski definition) is 4. The lowest BCUT2D eigenvalue weighted by atomic mass is 9.99. The Morgan fingerprint density at radius 3 is 2.41 bits per heavy atom. The van der Waals surface area contributed by atoms with Gasteiger partial charge in [0.05, 0.1) is 18.3 Å². The molecule has 0 saturated carbocycles. The summed E-state index contributed by atoms with van der Waals surface area (Å²) >= 11 is 0. The summed E-state index contributed by atoms with van der Waals surface area (Å²) in [6.07, 6.45) is 0.497. The number of aromatic nitrogens is 3. The van der Waals surface area contributed by atoms with Crippen LogP contribution in [-0.4, -0.2) is 38.2 Å². The average Bonchev–Trinajstić information content (AvgIpc) is 3.23. The molecule has 204 valence electrons. The van der Waals surface area contributed by atoms with Gasteiger partial charge >= 0.3 is 5.69 Å². The predicted octanol–water partition coefficient (Wildman–Crippen LogP) is 4.86. The molecule has 1 aromatic heterocycles. The van der Waals surface area contributed by atoms with Gasteiger partial charge in [0.25, 0.3) is 5.91 Å². The van der Waals surface area contributed by atoms with Crippen LogP contribution in [0.4, 0.5) is 8.78 Å². The van der Waals surface area contributed by atoms with Crippen molar-refractivity contribution in [2.24, 2.45) is 11.7 Å². The SMILES string of the molecule is Cc1ccc(C(=O)N(CCCN)C(c2nn(-c3cccc(F)c3)c(=O)n2Cc2ccccc2)C(C)C)cc1F. The largest absolute Gasteiger partial charge is 0.351 e. The van der Waals surface area contributed by atoms with Gasteiger partial charge in [-0.2, -0.15) is 4.68 Å². The number of nitrogens with zero attached hydrogens (tertiary/aromatic N) is 4. The molecule has 1 amide bonds. The summed E-state index contributed by atoms with van der Waals surface area (Å²) in [4.78, 5) is 29.2. The molecule has 0 bridgehead atoms. The van der Waals surface area contributed by atoms with E-state index >= 15 is 0 Å². The van der Waals surface area contributed by atoms with Crippen LogP contribution in [0.3, 0.4) is 0 Å². The van der Waals surface area contributed by atoms with Crippen molar-refractivity contribution in [2.45, 2.75) is 39.8 Å². The first-order valence-electron chi connectivity index (χ1n) is 13.0. The van der Waals surface area contributed by atoms with Crippen molar-refractivity contribution in [1.29, 1.82) is 0 Å². The topological polar surface area (TPSA) is 86.2 Å². The second-order valence-corrected chi connectivity index (χ2v) is 9.90. The van der Waals surface area contributed by atoms with Crippen LogP contribution >= 0.6 is 0 Å². The Labute approximate surface area is 226 Å². The van der Waals surface area contributed by atoms with Crippen molar-refractivity contribution in [3.8, 4) is 5.69 Å². The van der Waals surface area contributed by atoms with E-state index in [1.165, 1.54) is 28.8 Å². The Morgan fingerprint density at radius 1 is 1.03 bits per heavy atom. The van der Waals surface area contributed by atoms with E-state index in [2.05, 4.69) is 5.10 Å². The van der Waals surface area contributed by atoms with Gasteiger partial charge < -0.3 is 10.6 Å². The third kappa shape index (κ3) is 6.15. The van der Waals surface area contributed by atoms with E-state index in [1.807, 2.05) is 44.2 Å². The number of halogens is 2. The van der Waals surface area contributed by atoms with Crippen LogP contribution in [0.1, 0.15) is 53.6 Å². The lowest BCUT2D eigenvalue weighted by Gasteiger charge is -2.34. The molecule has 0 aliphatic rings. The molecule has 0 aliphatic carbocycles. The van der Waals surface area contributed by atoms with Gasteiger partial charge in [-0.25, -0.2) is 13.6 Å². The van der Waals surface area contributed by atoms with Crippen LogP contribution in [0, 0.1) is 24.5 Å². The smallest absolute Gasteiger partial charge is 0.330 e. The molecule has 1 unspecified atom stereocenters. The monoisotopic (exact) mass is 533 g/mol. The molecule has 1 atom stereocenters. The van der Waals surface area contributed by atoms with Crippen LogP contribution in [0.15, 0.2) is 77.6 Å². The average molecular weight is 534 g/mol. The molecule has 0 aliphatic heterocycles. The number of aryl methyl sites for hydroxylation is 1. The maximum Gasteiger partial charge on any atom is 0.351 e. The first-order chi connectivity index (χ1) is 18.7. The Balaban J connectivity index is 1.89. The van der Waals surface area contributed by atoms with Gasteiger partial charge in [0, 0.05) is 12.1 Å². The Hall–Kier alpha value is -4.11. The third-order valence-corrected chi connectivity index (χ3v) is 6.64. The van der Waals surface area contributed by atoms with Gasteiger partial charge in [0.2, 0.25) is 0 Å². The fraction of sp³-hybridized carbons (Fsp3) is 0.300. The standard InChI is InChI=1S/C30H33F2N5O2/c1-20(2)27(35(16-8-15-33)29(38)23-14-13-21(3)26(32)17-23)28-34-37(25-12-7-11-24(31)18-25)30(39)36(28)19-22-9-5-4-6-10-22/h4-7,9-14,17-18,20,27H,8,15-16,19,33H2,1-3H3. The zero-order chi connectivity index (χ0) is 28.1. The van der Waals surface area contributed by atoms with E-state index in [4.69, 9.17) is 5.73 Å². The van der Waals surface area contributed by atoms with Crippen molar-refractivity contribution in [3.05, 3.63) is 117 Å². The fourth-order valence-electron chi connectivity index (χ4n) is 4.64. The molecule has 0 fully saturated rings. The number of amides is 1. The fourth-order valence-corrected chi connectivity index (χ4v) is 4.64. The Morgan fingerprint density at radius 2 is 1.77 bits per heavy atom. The summed E-state index contributed by atoms with van der Waals surface area (Å²) in [5, 5.41) is 4.68. The molecule has 39 heavy (non-hydrogen) atoms. The highest BCUT2D eigenvalue weighted by atomic mass is 19.1. The molecule has 4 rings (SSSR count). The lowest BCUT2D eigenvalue weighted by molar-refractivity contribution is 0.0603. The van der Waals surface area contributed by atoms with Crippen LogP contribution in [-0.2, 0) is 6.54 Å². The van der Waals surface area contributed by atoms with Crippen molar-refractivity contribution >= 4 is 5.91 Å². The molecular formula is C30H33F2N5O2. The molecule has 0 radical (unpaired) electrons. The number of carbonyl (C=O) groups excluding carboxylic acids is 1. The second kappa shape index (κ2) is 12.2. The van der Waals surface area contributed by atoms with E-state index < -0.39 is 23.4 Å². The van der Waals surface area contributed by atoms with E-state index in [-0.39, 0.29) is 36.2 Å². The minimum absolute atomic E-state index is 0.181. The van der Waals surface area contributed by atoms with Gasteiger partial charge in [0.1, 0.15) is 11.6 Å². The van der Waals surface area contributed by atoms with Gasteiger partial charge in [-0.1, -0.05) is 56.3 Å². The third-order valence-electron chi connectivity index (χ3n) is 6.64. The molecule has 2 N–H and O–H groups in total. The Kier molecular flexibility index (Phi) is 8.71. The minimum atomic E-state index is -0.653. The highest BCUT2D eigenvalue weighted by Crippen LogP contribution is 2.30. The summed E-state index contributed by atoms with van der Waals surface area (Å²) in [5.41, 5.74) is 7.13. The van der Waals surface area contributed by atoms with Gasteiger partial charge in [-0.05, 0) is 67.3 Å². The van der Waals surface area contributed by atoms with Gasteiger partial charge in [0.15, 0.2) is 5.82 Å². The summed E-state index contributed by atoms with van der Waals surface area (Å²) < 4.78 is 31.2. The minimum Gasteiger partial charge on any atom is -0.330 e. The van der Waals surface area contributed by atoms with Gasteiger partial charge in [-0.3, -0.25) is 9.36 Å². The second-order valence-electron chi connectivity index (χ2n) is 9.90. The first-order valence-corrected chi connectivity index (χ1v) is 13.0. The van der Waals surface area contributed by atoms with Crippen LogP contribution in [0.2, 0.25) is 0 Å². The van der Waals surface area contributed by atoms with Crippen LogP contribution in [0.25, 0.3) is 5.69 Å². The summed E-state index contributed by atoms with van der Waals surface area (Å²) in [6.45, 7) is 6.31. The molecule has 1 heterocycles. The molecule has 0 spiro atoms. The lowest BCUT2D eigenvalue weighted by Crippen LogP contribution is -2.41. The van der Waals surface area contributed by atoms with Crippen molar-refractivity contribution in [1.82, 2.24) is 19.2 Å². The number of rotatable bonds is 10. The van der Waals surface area contributed by atoms with E-state index in [0.29, 0.717) is 24.4 Å². The van der Waals surface area contributed by atoms with Crippen LogP contribution < -0.4 is 11.4 Å². The van der Waals surface area contributed by atoms with E-state index in [1.54, 1.807) is 30.0 Å². The normalized spacial score (nSPS) is 12.1. The summed E-state index contributed by atoms with van der Waals surface area (Å²) in [7, 11) is 0. The molecule has 0 saturated heterocycles. The quantitative estimate of drug-likeness (QED) is 0.316. The Bertz CT molecular complexity index is 1500. The first kappa shape index (κ1) is 27.9. The number of benzene rings is 3. The highest BCUT2D eigenvalue weighted by molar-refractivity contribution is 5.94. The zero-order valence-corrected chi connectivity index (χ0v) is 22.3. The van der Waals surface area contributed by atoms with Crippen molar-refractivity contribution < 1.29 is 13.6 Å². The zero-order valence-electron chi connectivity index (χ0n) is 22.3. The number of nitrogens with two attached hydrogens (primary N) is 1. The molecule has 7 nitrogen and oxygen atoms in total.